The lowest BCUT2D eigenvalue weighted by Gasteiger charge is -2.62. The Hall–Kier alpha value is -0.620. The molecular weight excluding hydrogens is 470 g/mol. The summed E-state index contributed by atoms with van der Waals surface area (Å²) in [5, 5.41) is 4.77. The quantitative estimate of drug-likeness (QED) is 0.161. The standard InChI is InChI=1S/C29H49N3OS2/c1-6-20-19-22-24-14-13-21(11-10-18-31-26(33)32-35-27(30-5)34-7-2)28(24,3)17-15-25(22)29(4)16-9-8-12-23(20)29/h7,20-25H,2,6,8-19H2,1,3-5H3,(H2,31,32,33)/t20-,21?,22?,23?,24?,25-,28?,29?/m0/s1. The number of urea groups is 1. The van der Waals surface area contributed by atoms with Crippen molar-refractivity contribution in [1.82, 2.24) is 10.0 Å². The first-order chi connectivity index (χ1) is 16.9. The van der Waals surface area contributed by atoms with E-state index in [0.29, 0.717) is 10.8 Å². The largest absolute Gasteiger partial charge is 0.337 e. The summed E-state index contributed by atoms with van der Waals surface area (Å²) in [6.07, 6.45) is 16.9. The molecule has 0 aromatic rings. The highest BCUT2D eigenvalue weighted by atomic mass is 32.2. The smallest absolute Gasteiger partial charge is 0.325 e. The van der Waals surface area contributed by atoms with Gasteiger partial charge in [-0.3, -0.25) is 9.71 Å². The van der Waals surface area contributed by atoms with E-state index in [1.807, 2.05) is 0 Å². The van der Waals surface area contributed by atoms with Crippen LogP contribution in [0.25, 0.3) is 0 Å². The number of fused-ring (bicyclic) bond motifs is 5. The maximum absolute atomic E-state index is 12.2. The lowest BCUT2D eigenvalue weighted by atomic mass is 9.42. The van der Waals surface area contributed by atoms with Crippen molar-refractivity contribution in [3.63, 3.8) is 0 Å². The van der Waals surface area contributed by atoms with Crippen molar-refractivity contribution in [2.45, 2.75) is 97.8 Å². The van der Waals surface area contributed by atoms with E-state index in [-0.39, 0.29) is 6.03 Å². The number of carbonyl (C=O) groups excluding carboxylic acids is 1. The second-order valence-electron chi connectivity index (χ2n) is 12.3. The average Bonchev–Trinajstić information content (AvgIpc) is 3.19. The lowest BCUT2D eigenvalue weighted by Crippen LogP contribution is -2.55. The zero-order valence-electron chi connectivity index (χ0n) is 22.6. The minimum Gasteiger partial charge on any atom is -0.337 e. The molecule has 8 atom stereocenters. The van der Waals surface area contributed by atoms with Crippen molar-refractivity contribution in [3.05, 3.63) is 12.0 Å². The predicted octanol–water partition coefficient (Wildman–Crippen LogP) is 8.26. The normalized spacial score (nSPS) is 40.9. The summed E-state index contributed by atoms with van der Waals surface area (Å²) in [6, 6.07) is -0.125. The molecule has 0 bridgehead atoms. The van der Waals surface area contributed by atoms with E-state index in [1.54, 1.807) is 12.5 Å². The highest BCUT2D eigenvalue weighted by Crippen LogP contribution is 2.69. The van der Waals surface area contributed by atoms with Crippen LogP contribution in [0.4, 0.5) is 4.79 Å². The second kappa shape index (κ2) is 11.8. The molecule has 4 nitrogen and oxygen atoms in total. The summed E-state index contributed by atoms with van der Waals surface area (Å²) in [5.41, 5.74) is 1.13. The van der Waals surface area contributed by atoms with E-state index in [1.165, 1.54) is 94.3 Å². The van der Waals surface area contributed by atoms with E-state index in [9.17, 15) is 4.79 Å². The van der Waals surface area contributed by atoms with Crippen molar-refractivity contribution in [2.24, 2.45) is 51.3 Å². The molecule has 0 aliphatic heterocycles. The molecule has 0 aromatic carbocycles. The van der Waals surface area contributed by atoms with Crippen LogP contribution in [0.1, 0.15) is 97.8 Å². The van der Waals surface area contributed by atoms with Crippen LogP contribution in [0.2, 0.25) is 0 Å². The van der Waals surface area contributed by atoms with Gasteiger partial charge in [0.15, 0.2) is 0 Å². The lowest BCUT2D eigenvalue weighted by molar-refractivity contribution is -0.135. The number of hydrogen-bond acceptors (Lipinski definition) is 4. The van der Waals surface area contributed by atoms with E-state index in [4.69, 9.17) is 0 Å². The minimum absolute atomic E-state index is 0.125. The Bertz CT molecular complexity index is 788. The SMILES string of the molecule is C=CSC(=NC)SNC(=O)NCCCC1CCC2C3C[C@H](CC)C4CCCCC4(C)[C@H]3CCC12C. The highest BCUT2D eigenvalue weighted by Gasteiger charge is 2.60. The molecule has 4 aliphatic carbocycles. The first-order valence-electron chi connectivity index (χ1n) is 14.3. The first kappa shape index (κ1) is 27.4. The Labute approximate surface area is 223 Å². The number of rotatable bonds is 6. The summed E-state index contributed by atoms with van der Waals surface area (Å²) in [6.45, 7) is 12.3. The van der Waals surface area contributed by atoms with Crippen LogP contribution in [0.5, 0.6) is 0 Å². The van der Waals surface area contributed by atoms with Gasteiger partial charge >= 0.3 is 6.03 Å². The van der Waals surface area contributed by atoms with Crippen LogP contribution < -0.4 is 10.0 Å². The molecule has 4 fully saturated rings. The average molecular weight is 520 g/mol. The number of amides is 2. The predicted molar refractivity (Wildman–Crippen MR) is 154 cm³/mol. The van der Waals surface area contributed by atoms with E-state index in [2.05, 4.69) is 42.4 Å². The van der Waals surface area contributed by atoms with Gasteiger partial charge in [0.25, 0.3) is 0 Å². The maximum atomic E-state index is 12.2. The fourth-order valence-corrected chi connectivity index (χ4v) is 10.6. The second-order valence-corrected chi connectivity index (χ2v) is 14.3. The number of nitrogens with zero attached hydrogens (tertiary/aromatic N) is 1. The molecule has 198 valence electrons. The van der Waals surface area contributed by atoms with Crippen LogP contribution in [-0.2, 0) is 0 Å². The van der Waals surface area contributed by atoms with Crippen molar-refractivity contribution in [3.8, 4) is 0 Å². The molecule has 6 unspecified atom stereocenters. The van der Waals surface area contributed by atoms with Crippen LogP contribution in [0, 0.1) is 46.3 Å². The molecule has 0 aromatic heterocycles. The van der Waals surface area contributed by atoms with E-state index < -0.39 is 0 Å². The van der Waals surface area contributed by atoms with Gasteiger partial charge in [-0.1, -0.05) is 58.4 Å². The van der Waals surface area contributed by atoms with Crippen LogP contribution in [0.15, 0.2) is 17.0 Å². The van der Waals surface area contributed by atoms with Gasteiger partial charge in [-0.25, -0.2) is 4.79 Å². The zero-order valence-corrected chi connectivity index (χ0v) is 24.2. The molecule has 4 aliphatic rings. The molecule has 2 N–H and O–H groups in total. The molecule has 4 saturated carbocycles. The zero-order chi connectivity index (χ0) is 25.1. The van der Waals surface area contributed by atoms with Gasteiger partial charge in [0.2, 0.25) is 0 Å². The molecule has 0 spiro atoms. The topological polar surface area (TPSA) is 53.5 Å². The summed E-state index contributed by atoms with van der Waals surface area (Å²) in [7, 11) is 1.73. The molecule has 0 radical (unpaired) electrons. The molecular formula is C29H49N3OS2. The number of thioether (sulfide) groups is 1. The van der Waals surface area contributed by atoms with Gasteiger partial charge in [-0.2, -0.15) is 0 Å². The molecule has 6 heteroatoms. The fourth-order valence-electron chi connectivity index (χ4n) is 9.47. The van der Waals surface area contributed by atoms with Gasteiger partial charge in [-0.05, 0) is 110 Å². The Morgan fingerprint density at radius 3 is 2.63 bits per heavy atom. The Kier molecular flexibility index (Phi) is 9.27. The number of aliphatic imine (C=N–C) groups is 1. The molecule has 0 saturated heterocycles. The Morgan fingerprint density at radius 1 is 1.09 bits per heavy atom. The summed E-state index contributed by atoms with van der Waals surface area (Å²) < 4.78 is 3.62. The number of hydrogen-bond donors (Lipinski definition) is 2. The summed E-state index contributed by atoms with van der Waals surface area (Å²) in [5.74, 6) is 5.66. The first-order valence-corrected chi connectivity index (χ1v) is 16.0. The minimum atomic E-state index is -0.125. The highest BCUT2D eigenvalue weighted by molar-refractivity contribution is 8.39. The maximum Gasteiger partial charge on any atom is 0.325 e. The van der Waals surface area contributed by atoms with Crippen molar-refractivity contribution < 1.29 is 4.79 Å². The monoisotopic (exact) mass is 519 g/mol. The fraction of sp³-hybridized carbons (Fsp3) is 0.862. The molecule has 4 rings (SSSR count). The molecule has 0 heterocycles. The van der Waals surface area contributed by atoms with Gasteiger partial charge in [0, 0.05) is 25.5 Å². The van der Waals surface area contributed by atoms with Crippen LogP contribution in [0.3, 0.4) is 0 Å². The van der Waals surface area contributed by atoms with Gasteiger partial charge in [0.1, 0.15) is 4.38 Å². The molecule has 2 amide bonds. The van der Waals surface area contributed by atoms with Crippen molar-refractivity contribution in [2.75, 3.05) is 13.6 Å². The Balaban J connectivity index is 1.30. The van der Waals surface area contributed by atoms with Gasteiger partial charge < -0.3 is 5.32 Å². The van der Waals surface area contributed by atoms with Crippen LogP contribution in [-0.4, -0.2) is 24.0 Å². The van der Waals surface area contributed by atoms with Crippen molar-refractivity contribution in [1.29, 1.82) is 0 Å². The number of nitrogens with one attached hydrogen (secondary N) is 2. The summed E-state index contributed by atoms with van der Waals surface area (Å²) >= 11 is 2.67. The van der Waals surface area contributed by atoms with Crippen molar-refractivity contribution >= 4 is 34.1 Å². The Morgan fingerprint density at radius 2 is 1.89 bits per heavy atom. The van der Waals surface area contributed by atoms with Gasteiger partial charge in [-0.15, -0.1) is 0 Å². The van der Waals surface area contributed by atoms with Gasteiger partial charge in [0.05, 0.1) is 0 Å². The van der Waals surface area contributed by atoms with E-state index in [0.717, 1.165) is 52.8 Å². The third kappa shape index (κ3) is 5.49. The van der Waals surface area contributed by atoms with Crippen LogP contribution >= 0.6 is 23.7 Å². The molecule has 35 heavy (non-hydrogen) atoms. The number of carbonyl (C=O) groups is 1. The van der Waals surface area contributed by atoms with E-state index >= 15 is 0 Å². The third-order valence-corrected chi connectivity index (χ3v) is 12.8. The third-order valence-electron chi connectivity index (χ3n) is 11.1. The summed E-state index contributed by atoms with van der Waals surface area (Å²) in [4.78, 5) is 16.3.